The van der Waals surface area contributed by atoms with E-state index in [4.69, 9.17) is 5.73 Å². The number of rotatable bonds is 0. The third-order valence-corrected chi connectivity index (χ3v) is 1.09. The van der Waals surface area contributed by atoms with Crippen molar-refractivity contribution in [1.29, 1.82) is 0 Å². The average molecular weight is 126 g/mol. The molecule has 1 rings (SSSR count). The molecule has 1 heterocycles. The first-order chi connectivity index (χ1) is 4.20. The fourth-order valence-corrected chi connectivity index (χ4v) is 0.523. The maximum atomic E-state index is 12.2. The van der Waals surface area contributed by atoms with Crippen molar-refractivity contribution in [2.24, 2.45) is 0 Å². The van der Waals surface area contributed by atoms with Crippen LogP contribution in [0.4, 0.5) is 10.1 Å². The van der Waals surface area contributed by atoms with Crippen LogP contribution < -0.4 is 5.73 Å². The molecule has 0 saturated carbocycles. The van der Waals surface area contributed by atoms with Crippen molar-refractivity contribution >= 4 is 5.69 Å². The Morgan fingerprint density at radius 3 is 2.78 bits per heavy atom. The summed E-state index contributed by atoms with van der Waals surface area (Å²) in [5.41, 5.74) is 6.38. The molecule has 1 aromatic rings. The molecule has 48 valence electrons. The number of anilines is 1. The molecule has 0 aromatic carbocycles. The highest BCUT2D eigenvalue weighted by Gasteiger charge is 1.94. The summed E-state index contributed by atoms with van der Waals surface area (Å²) in [6.07, 6.45) is 1.14. The molecular weight excluding hydrogens is 119 g/mol. The van der Waals surface area contributed by atoms with E-state index in [1.165, 1.54) is 6.07 Å². The quantitative estimate of drug-likeness (QED) is 0.565. The van der Waals surface area contributed by atoms with Crippen molar-refractivity contribution in [3.8, 4) is 0 Å². The minimum Gasteiger partial charge on any atom is -0.397 e. The zero-order valence-electron chi connectivity index (χ0n) is 5.06. The molecule has 0 fully saturated rings. The van der Waals surface area contributed by atoms with E-state index in [1.807, 2.05) is 0 Å². The van der Waals surface area contributed by atoms with Gasteiger partial charge in [-0.2, -0.15) is 0 Å². The van der Waals surface area contributed by atoms with E-state index < -0.39 is 5.82 Å². The zero-order valence-corrected chi connectivity index (χ0v) is 5.06. The topological polar surface area (TPSA) is 38.9 Å². The van der Waals surface area contributed by atoms with Gasteiger partial charge in [0.15, 0.2) is 0 Å². The van der Waals surface area contributed by atoms with Gasteiger partial charge in [-0.1, -0.05) is 0 Å². The van der Waals surface area contributed by atoms with E-state index in [9.17, 15) is 4.39 Å². The van der Waals surface area contributed by atoms with Gasteiger partial charge in [0.1, 0.15) is 5.82 Å². The molecule has 0 saturated heterocycles. The standard InChI is InChI=1S/C6H7FN2/c1-4-6(8)2-5(7)3-9-4/h2-3H,8H2,1H3. The van der Waals surface area contributed by atoms with E-state index in [2.05, 4.69) is 4.98 Å². The summed E-state index contributed by atoms with van der Waals surface area (Å²) in [5, 5.41) is 0. The van der Waals surface area contributed by atoms with Gasteiger partial charge in [0.25, 0.3) is 0 Å². The van der Waals surface area contributed by atoms with Gasteiger partial charge >= 0.3 is 0 Å². The van der Waals surface area contributed by atoms with Gasteiger partial charge in [-0.15, -0.1) is 0 Å². The van der Waals surface area contributed by atoms with Crippen LogP contribution in [-0.4, -0.2) is 4.98 Å². The summed E-state index contributed by atoms with van der Waals surface area (Å²) >= 11 is 0. The SMILES string of the molecule is Cc1ncc(F)cc1N. The second kappa shape index (κ2) is 2.01. The molecule has 0 bridgehead atoms. The monoisotopic (exact) mass is 126 g/mol. The van der Waals surface area contributed by atoms with Crippen molar-refractivity contribution in [2.45, 2.75) is 6.92 Å². The Morgan fingerprint density at radius 2 is 2.33 bits per heavy atom. The van der Waals surface area contributed by atoms with Crippen molar-refractivity contribution < 1.29 is 4.39 Å². The molecule has 0 spiro atoms. The van der Waals surface area contributed by atoms with E-state index in [1.54, 1.807) is 6.92 Å². The van der Waals surface area contributed by atoms with Gasteiger partial charge in [-0.25, -0.2) is 4.39 Å². The summed E-state index contributed by atoms with van der Waals surface area (Å²) < 4.78 is 12.2. The summed E-state index contributed by atoms with van der Waals surface area (Å²) in [6, 6.07) is 1.25. The fraction of sp³-hybridized carbons (Fsp3) is 0.167. The number of nitrogen functional groups attached to an aromatic ring is 1. The first-order valence-corrected chi connectivity index (χ1v) is 2.58. The molecule has 9 heavy (non-hydrogen) atoms. The second-order valence-electron chi connectivity index (χ2n) is 1.83. The van der Waals surface area contributed by atoms with E-state index >= 15 is 0 Å². The van der Waals surface area contributed by atoms with Crippen molar-refractivity contribution in [3.63, 3.8) is 0 Å². The molecule has 2 N–H and O–H groups in total. The van der Waals surface area contributed by atoms with Crippen molar-refractivity contribution in [2.75, 3.05) is 5.73 Å². The first kappa shape index (κ1) is 6.01. The van der Waals surface area contributed by atoms with Crippen LogP contribution in [0.15, 0.2) is 12.3 Å². The molecular formula is C6H7FN2. The van der Waals surface area contributed by atoms with Crippen LogP contribution >= 0.6 is 0 Å². The minimum atomic E-state index is -0.391. The number of halogens is 1. The second-order valence-corrected chi connectivity index (χ2v) is 1.83. The molecule has 0 unspecified atom stereocenters. The molecule has 1 aromatic heterocycles. The molecule has 2 nitrogen and oxygen atoms in total. The molecule has 0 atom stereocenters. The number of hydrogen-bond donors (Lipinski definition) is 1. The fourth-order valence-electron chi connectivity index (χ4n) is 0.523. The minimum absolute atomic E-state index is 0.391. The summed E-state index contributed by atoms with van der Waals surface area (Å²) in [6.45, 7) is 1.73. The Labute approximate surface area is 52.5 Å². The van der Waals surface area contributed by atoms with Crippen LogP contribution in [0.5, 0.6) is 0 Å². The Kier molecular flexibility index (Phi) is 1.34. The maximum Gasteiger partial charge on any atom is 0.143 e. The van der Waals surface area contributed by atoms with E-state index in [0.717, 1.165) is 6.20 Å². The number of pyridine rings is 1. The maximum absolute atomic E-state index is 12.2. The van der Waals surface area contributed by atoms with Gasteiger partial charge in [0.05, 0.1) is 17.6 Å². The average Bonchev–Trinajstić information content (AvgIpc) is 1.80. The normalized spacial score (nSPS) is 9.56. The van der Waals surface area contributed by atoms with Gasteiger partial charge in [-0.3, -0.25) is 4.98 Å². The molecule has 3 heteroatoms. The molecule has 0 aliphatic carbocycles. The van der Waals surface area contributed by atoms with Crippen LogP contribution in [-0.2, 0) is 0 Å². The molecule has 0 aliphatic rings. The number of aromatic nitrogens is 1. The number of nitrogens with two attached hydrogens (primary N) is 1. The smallest absolute Gasteiger partial charge is 0.143 e. The van der Waals surface area contributed by atoms with Crippen LogP contribution in [0.1, 0.15) is 5.69 Å². The highest BCUT2D eigenvalue weighted by molar-refractivity contribution is 5.41. The number of nitrogens with zero attached hydrogens (tertiary/aromatic N) is 1. The lowest BCUT2D eigenvalue weighted by molar-refractivity contribution is 0.621. The third kappa shape index (κ3) is 1.16. The highest BCUT2D eigenvalue weighted by atomic mass is 19.1. The van der Waals surface area contributed by atoms with Gasteiger partial charge < -0.3 is 5.73 Å². The predicted molar refractivity (Wildman–Crippen MR) is 33.3 cm³/mol. The van der Waals surface area contributed by atoms with E-state index in [-0.39, 0.29) is 0 Å². The summed E-state index contributed by atoms with van der Waals surface area (Å²) in [4.78, 5) is 3.68. The van der Waals surface area contributed by atoms with Crippen molar-refractivity contribution in [1.82, 2.24) is 4.98 Å². The molecule has 0 amide bonds. The first-order valence-electron chi connectivity index (χ1n) is 2.58. The van der Waals surface area contributed by atoms with Crippen LogP contribution in [0.25, 0.3) is 0 Å². The Balaban J connectivity index is 3.17. The lowest BCUT2D eigenvalue weighted by Crippen LogP contribution is -1.92. The Bertz CT molecular complexity index is 222. The largest absolute Gasteiger partial charge is 0.397 e. The van der Waals surface area contributed by atoms with Crippen LogP contribution in [0, 0.1) is 12.7 Å². The Hall–Kier alpha value is -1.12. The van der Waals surface area contributed by atoms with Crippen LogP contribution in [0.3, 0.4) is 0 Å². The number of hydrogen-bond acceptors (Lipinski definition) is 2. The van der Waals surface area contributed by atoms with Crippen molar-refractivity contribution in [3.05, 3.63) is 23.8 Å². The summed E-state index contributed by atoms with van der Waals surface area (Å²) in [7, 11) is 0. The molecule has 0 aliphatic heterocycles. The van der Waals surface area contributed by atoms with E-state index in [0.29, 0.717) is 11.4 Å². The van der Waals surface area contributed by atoms with Gasteiger partial charge in [-0.05, 0) is 6.92 Å². The molecule has 0 radical (unpaired) electrons. The Morgan fingerprint density at radius 1 is 1.67 bits per heavy atom. The lowest BCUT2D eigenvalue weighted by Gasteiger charge is -1.95. The van der Waals surface area contributed by atoms with Gasteiger partial charge in [0.2, 0.25) is 0 Å². The third-order valence-electron chi connectivity index (χ3n) is 1.09. The lowest BCUT2D eigenvalue weighted by atomic mass is 10.3. The predicted octanol–water partition coefficient (Wildman–Crippen LogP) is 1.11. The zero-order chi connectivity index (χ0) is 6.85. The highest BCUT2D eigenvalue weighted by Crippen LogP contribution is 2.06. The van der Waals surface area contributed by atoms with Crippen LogP contribution in [0.2, 0.25) is 0 Å². The summed E-state index contributed by atoms with van der Waals surface area (Å²) in [5.74, 6) is -0.391. The number of aryl methyl sites for hydroxylation is 1. The van der Waals surface area contributed by atoms with Gasteiger partial charge in [0, 0.05) is 6.07 Å².